The molecule has 0 aliphatic carbocycles. The maximum atomic E-state index is 11.9. The summed E-state index contributed by atoms with van der Waals surface area (Å²) >= 11 is 5.34. The topological polar surface area (TPSA) is 70.4 Å². The lowest BCUT2D eigenvalue weighted by Gasteiger charge is -2.11. The van der Waals surface area contributed by atoms with E-state index >= 15 is 0 Å². The Hall–Kier alpha value is -2.08. The van der Waals surface area contributed by atoms with Crippen LogP contribution in [0.4, 0.5) is 0 Å². The van der Waals surface area contributed by atoms with Crippen LogP contribution in [0.5, 0.6) is 11.5 Å². The van der Waals surface area contributed by atoms with Crippen molar-refractivity contribution in [2.24, 2.45) is 7.05 Å². The highest BCUT2D eigenvalue weighted by Gasteiger charge is 2.16. The molecule has 6 nitrogen and oxygen atoms in total. The Bertz CT molecular complexity index is 724. The molecule has 0 atom stereocenters. The summed E-state index contributed by atoms with van der Waals surface area (Å²) in [7, 11) is 4.51. The molecule has 100 valence electrons. The van der Waals surface area contributed by atoms with Crippen LogP contribution in [0.15, 0.2) is 16.9 Å². The Morgan fingerprint density at radius 2 is 1.84 bits per heavy atom. The van der Waals surface area contributed by atoms with Crippen LogP contribution in [0.3, 0.4) is 0 Å². The summed E-state index contributed by atoms with van der Waals surface area (Å²) in [5.74, 6) is 0.922. The molecule has 19 heavy (non-hydrogen) atoms. The van der Waals surface area contributed by atoms with Crippen molar-refractivity contribution in [3.8, 4) is 11.5 Å². The van der Waals surface area contributed by atoms with Gasteiger partial charge in [0.2, 0.25) is 0 Å². The number of hydrogen-bond donors (Lipinski definition) is 0. The second kappa shape index (κ2) is 4.89. The van der Waals surface area contributed by atoms with Gasteiger partial charge in [-0.05, 0) is 11.6 Å². The number of rotatable bonds is 3. The monoisotopic (exact) mass is 282 g/mol. The van der Waals surface area contributed by atoms with Crippen molar-refractivity contribution >= 4 is 27.9 Å². The lowest BCUT2D eigenvalue weighted by molar-refractivity contribution is 0.107. The zero-order chi connectivity index (χ0) is 14.2. The Morgan fingerprint density at radius 3 is 2.37 bits per heavy atom. The fourth-order valence-corrected chi connectivity index (χ4v) is 1.90. The van der Waals surface area contributed by atoms with Crippen LogP contribution in [0, 0.1) is 0 Å². The molecule has 0 unspecified atom stereocenters. The van der Waals surface area contributed by atoms with Crippen LogP contribution in [0.2, 0.25) is 0 Å². The van der Waals surface area contributed by atoms with Gasteiger partial charge in [0, 0.05) is 19.2 Å². The van der Waals surface area contributed by atoms with E-state index in [1.165, 1.54) is 25.8 Å². The highest BCUT2D eigenvalue weighted by atomic mass is 35.5. The van der Waals surface area contributed by atoms with Gasteiger partial charge in [-0.2, -0.15) is 0 Å². The number of carbonyl (C=O) groups excluding carboxylic acids is 1. The van der Waals surface area contributed by atoms with Crippen LogP contribution in [-0.4, -0.2) is 29.0 Å². The zero-order valence-electron chi connectivity index (χ0n) is 10.6. The third kappa shape index (κ3) is 2.15. The van der Waals surface area contributed by atoms with Crippen molar-refractivity contribution in [3.63, 3.8) is 0 Å². The summed E-state index contributed by atoms with van der Waals surface area (Å²) in [6.07, 6.45) is 0. The van der Waals surface area contributed by atoms with Gasteiger partial charge in [0.25, 0.3) is 10.8 Å². The summed E-state index contributed by atoms with van der Waals surface area (Å²) in [6, 6.07) is 3.20. The smallest absolute Gasteiger partial charge is 0.281 e. The number of methoxy groups -OCH3 is 2. The maximum Gasteiger partial charge on any atom is 0.281 e. The van der Waals surface area contributed by atoms with E-state index in [0.29, 0.717) is 22.5 Å². The van der Waals surface area contributed by atoms with Crippen molar-refractivity contribution in [2.75, 3.05) is 14.2 Å². The molecule has 0 radical (unpaired) electrons. The van der Waals surface area contributed by atoms with Gasteiger partial charge in [-0.3, -0.25) is 9.59 Å². The first-order valence-corrected chi connectivity index (χ1v) is 5.70. The third-order valence-electron chi connectivity index (χ3n) is 2.77. The average Bonchev–Trinajstić information content (AvgIpc) is 2.41. The molecule has 1 aromatic carbocycles. The molecule has 2 rings (SSSR count). The van der Waals surface area contributed by atoms with E-state index in [1.807, 2.05) is 0 Å². The van der Waals surface area contributed by atoms with Gasteiger partial charge in [-0.25, -0.2) is 4.98 Å². The Labute approximate surface area is 113 Å². The van der Waals surface area contributed by atoms with Crippen LogP contribution in [0.25, 0.3) is 11.0 Å². The minimum atomic E-state index is -0.891. The van der Waals surface area contributed by atoms with Gasteiger partial charge in [0.15, 0.2) is 17.2 Å². The third-order valence-corrected chi connectivity index (χ3v) is 2.95. The van der Waals surface area contributed by atoms with Crippen LogP contribution in [-0.2, 0) is 7.05 Å². The Morgan fingerprint density at radius 1 is 1.26 bits per heavy atom. The van der Waals surface area contributed by atoms with E-state index in [0.717, 1.165) is 0 Å². The van der Waals surface area contributed by atoms with E-state index in [4.69, 9.17) is 21.1 Å². The number of aromatic nitrogens is 2. The van der Waals surface area contributed by atoms with Gasteiger partial charge in [0.1, 0.15) is 0 Å². The molecule has 2 aromatic rings. The second-order valence-corrected chi connectivity index (χ2v) is 4.14. The van der Waals surface area contributed by atoms with E-state index in [-0.39, 0.29) is 5.69 Å². The van der Waals surface area contributed by atoms with Gasteiger partial charge < -0.3 is 14.0 Å². The number of carbonyl (C=O) groups is 1. The van der Waals surface area contributed by atoms with Gasteiger partial charge in [0.05, 0.1) is 25.3 Å². The van der Waals surface area contributed by atoms with Gasteiger partial charge in [-0.15, -0.1) is 0 Å². The molecular formula is C12H11ClN2O4. The highest BCUT2D eigenvalue weighted by molar-refractivity contribution is 6.67. The molecule has 0 saturated carbocycles. The first kappa shape index (κ1) is 13.4. The number of ether oxygens (including phenoxy) is 2. The first-order chi connectivity index (χ1) is 8.99. The van der Waals surface area contributed by atoms with E-state index in [1.54, 1.807) is 12.1 Å². The minimum Gasteiger partial charge on any atom is -0.493 e. The van der Waals surface area contributed by atoms with Crippen molar-refractivity contribution in [2.45, 2.75) is 0 Å². The molecule has 0 N–H and O–H groups in total. The summed E-state index contributed by atoms with van der Waals surface area (Å²) in [6.45, 7) is 0. The SMILES string of the molecule is COc1cc2nc(C(=O)Cl)c(=O)n(C)c2cc1OC. The fourth-order valence-electron chi connectivity index (χ4n) is 1.78. The maximum absolute atomic E-state index is 11.9. The molecule has 0 fully saturated rings. The normalized spacial score (nSPS) is 10.5. The molecule has 0 spiro atoms. The Kier molecular flexibility index (Phi) is 3.44. The average molecular weight is 283 g/mol. The van der Waals surface area contributed by atoms with Crippen molar-refractivity contribution < 1.29 is 14.3 Å². The summed E-state index contributed by atoms with van der Waals surface area (Å²) in [4.78, 5) is 27.0. The minimum absolute atomic E-state index is 0.316. The molecular weight excluding hydrogens is 272 g/mol. The van der Waals surface area contributed by atoms with E-state index in [2.05, 4.69) is 4.98 Å². The second-order valence-electron chi connectivity index (χ2n) is 3.79. The van der Waals surface area contributed by atoms with Crippen LogP contribution >= 0.6 is 11.6 Å². The predicted octanol–water partition coefficient (Wildman–Crippen LogP) is 1.33. The number of halogens is 1. The van der Waals surface area contributed by atoms with Gasteiger partial charge in [-0.1, -0.05) is 0 Å². The molecule has 1 heterocycles. The summed E-state index contributed by atoms with van der Waals surface area (Å²) in [5, 5.41) is -0.891. The first-order valence-electron chi connectivity index (χ1n) is 5.32. The Balaban J connectivity index is 2.89. The zero-order valence-corrected chi connectivity index (χ0v) is 11.3. The fraction of sp³-hybridized carbons (Fsp3) is 0.250. The molecule has 0 saturated heterocycles. The lowest BCUT2D eigenvalue weighted by Crippen LogP contribution is -2.25. The largest absolute Gasteiger partial charge is 0.493 e. The van der Waals surface area contributed by atoms with Crippen molar-refractivity contribution in [1.82, 2.24) is 9.55 Å². The number of nitrogens with zero attached hydrogens (tertiary/aromatic N) is 2. The molecule has 7 heteroatoms. The van der Waals surface area contributed by atoms with Crippen LogP contribution in [0.1, 0.15) is 10.5 Å². The standard InChI is InChI=1S/C12H11ClN2O4/c1-15-7-5-9(19-3)8(18-2)4-6(7)14-10(11(13)16)12(15)17/h4-5H,1-3H3. The highest BCUT2D eigenvalue weighted by Crippen LogP contribution is 2.30. The van der Waals surface area contributed by atoms with E-state index < -0.39 is 10.8 Å². The van der Waals surface area contributed by atoms with Crippen LogP contribution < -0.4 is 15.0 Å². The number of hydrogen-bond acceptors (Lipinski definition) is 5. The number of benzene rings is 1. The van der Waals surface area contributed by atoms with Gasteiger partial charge >= 0.3 is 0 Å². The quantitative estimate of drug-likeness (QED) is 0.794. The molecule has 0 amide bonds. The molecule has 0 aliphatic heterocycles. The van der Waals surface area contributed by atoms with E-state index in [9.17, 15) is 9.59 Å². The predicted molar refractivity (Wildman–Crippen MR) is 70.3 cm³/mol. The summed E-state index contributed by atoms with van der Waals surface area (Å²) in [5.41, 5.74) is 0.0664. The molecule has 0 aliphatic rings. The van der Waals surface area contributed by atoms with Crippen molar-refractivity contribution in [3.05, 3.63) is 28.2 Å². The lowest BCUT2D eigenvalue weighted by atomic mass is 10.2. The van der Waals surface area contributed by atoms with Crippen molar-refractivity contribution in [1.29, 1.82) is 0 Å². The summed E-state index contributed by atoms with van der Waals surface area (Å²) < 4.78 is 11.6. The number of fused-ring (bicyclic) bond motifs is 1. The molecule has 1 aromatic heterocycles. The molecule has 0 bridgehead atoms. The number of aryl methyl sites for hydroxylation is 1.